The quantitative estimate of drug-likeness (QED) is 0.0909. The van der Waals surface area contributed by atoms with Gasteiger partial charge >= 0.3 is 32.7 Å². The highest BCUT2D eigenvalue weighted by atomic mass is 35.5. The molecule has 0 unspecified atom stereocenters. The highest BCUT2D eigenvalue weighted by Crippen LogP contribution is 2.36. The SMILES string of the molecule is O=C(O)c1c(F)ccc2c1OB(O)[C@@H](NC(=O)[C@H](NC(=O)N1CCN(C3CCN(C(=O)c4cc(O)c(O)c(Cl)c4)CC3)C1=O)c1ccc(P(=O)(O)O)cc1)C2. The number of phenolic OH excluding ortho intramolecular Hbond substituents is 2. The van der Waals surface area contributed by atoms with E-state index in [-0.39, 0.29) is 65.7 Å². The Morgan fingerprint density at radius 3 is 2.29 bits per heavy atom. The first kappa shape index (κ1) is 39.3. The third kappa shape index (κ3) is 8.04. The average Bonchev–Trinajstić information content (AvgIpc) is 3.53. The van der Waals surface area contributed by atoms with Gasteiger partial charge in [0.1, 0.15) is 23.2 Å². The number of likely N-dealkylation sites (tertiary alicyclic amines) is 1. The summed E-state index contributed by atoms with van der Waals surface area (Å²) >= 11 is 5.90. The number of carboxylic acid groups (broad SMARTS) is 1. The number of piperidine rings is 1. The van der Waals surface area contributed by atoms with Crippen LogP contribution in [0.1, 0.15) is 50.7 Å². The Balaban J connectivity index is 1.14. The molecule has 0 radical (unpaired) electrons. The summed E-state index contributed by atoms with van der Waals surface area (Å²) in [6, 6.07) is 5.30. The molecule has 0 spiro atoms. The molecular weight excluding hydrogens is 771 g/mol. The zero-order valence-electron chi connectivity index (χ0n) is 28.5. The highest BCUT2D eigenvalue weighted by molar-refractivity contribution is 7.60. The zero-order valence-corrected chi connectivity index (χ0v) is 30.1. The Labute approximate surface area is 316 Å². The fourth-order valence-corrected chi connectivity index (χ4v) is 7.49. The normalized spacial score (nSPS) is 18.1. The molecule has 2 fully saturated rings. The number of halogens is 2. The maximum Gasteiger partial charge on any atom is 0.547 e. The van der Waals surface area contributed by atoms with Crippen LogP contribution in [0.15, 0.2) is 48.5 Å². The Kier molecular flexibility index (Phi) is 11.0. The van der Waals surface area contributed by atoms with Crippen LogP contribution in [0, 0.1) is 5.82 Å². The van der Waals surface area contributed by atoms with Crippen molar-refractivity contribution in [2.24, 2.45) is 0 Å². The van der Waals surface area contributed by atoms with Gasteiger partial charge in [0.2, 0.25) is 5.91 Å². The molecule has 6 amide bonds. The maximum absolute atomic E-state index is 14.2. The number of hydrogen-bond acceptors (Lipinski definition) is 10. The highest BCUT2D eigenvalue weighted by Gasteiger charge is 2.42. The molecule has 0 aliphatic carbocycles. The summed E-state index contributed by atoms with van der Waals surface area (Å²) in [6.45, 7) is 0.498. The van der Waals surface area contributed by atoms with Crippen molar-refractivity contribution in [2.45, 2.75) is 37.3 Å². The predicted octanol–water partition coefficient (Wildman–Crippen LogP) is 1.32. The monoisotopic (exact) mass is 803 g/mol. The van der Waals surface area contributed by atoms with Crippen LogP contribution in [0.4, 0.5) is 14.0 Å². The van der Waals surface area contributed by atoms with Crippen LogP contribution in [0.3, 0.4) is 0 Å². The summed E-state index contributed by atoms with van der Waals surface area (Å²) in [5, 5.41) is 44.1. The van der Waals surface area contributed by atoms with Crippen molar-refractivity contribution in [3.05, 3.63) is 81.6 Å². The summed E-state index contributed by atoms with van der Waals surface area (Å²) in [5.74, 6) is -6.89. The van der Waals surface area contributed by atoms with Gasteiger partial charge in [-0.2, -0.15) is 0 Å². The molecule has 0 saturated carbocycles. The van der Waals surface area contributed by atoms with E-state index in [0.29, 0.717) is 12.8 Å². The number of carbonyl (C=O) groups is 5. The van der Waals surface area contributed by atoms with Gasteiger partial charge in [-0.05, 0) is 60.7 Å². The number of aromatic carboxylic acids is 1. The van der Waals surface area contributed by atoms with Crippen LogP contribution in [-0.4, -0.2) is 120 Å². The number of rotatable bonds is 8. The van der Waals surface area contributed by atoms with Gasteiger partial charge in [-0.25, -0.2) is 23.7 Å². The van der Waals surface area contributed by atoms with Crippen molar-refractivity contribution in [2.75, 3.05) is 26.2 Å². The van der Waals surface area contributed by atoms with Crippen molar-refractivity contribution >= 4 is 61.5 Å². The van der Waals surface area contributed by atoms with Crippen LogP contribution < -0.4 is 20.6 Å². The van der Waals surface area contributed by atoms with E-state index in [1.54, 1.807) is 0 Å². The minimum atomic E-state index is -4.69. The number of benzene rings is 3. The van der Waals surface area contributed by atoms with Crippen molar-refractivity contribution < 1.29 is 67.7 Å². The minimum Gasteiger partial charge on any atom is -0.534 e. The molecule has 0 bridgehead atoms. The van der Waals surface area contributed by atoms with Crippen LogP contribution in [0.25, 0.3) is 0 Å². The van der Waals surface area contributed by atoms with E-state index < -0.39 is 85.2 Å². The number of urea groups is 2. The molecule has 2 atom stereocenters. The molecule has 22 heteroatoms. The van der Waals surface area contributed by atoms with Crippen LogP contribution >= 0.6 is 19.2 Å². The smallest absolute Gasteiger partial charge is 0.534 e. The van der Waals surface area contributed by atoms with Gasteiger partial charge in [0, 0.05) is 37.8 Å². The molecule has 2 saturated heterocycles. The Bertz CT molecular complexity index is 2090. The van der Waals surface area contributed by atoms with E-state index in [2.05, 4.69) is 10.6 Å². The van der Waals surface area contributed by atoms with Crippen LogP contribution in [0.5, 0.6) is 17.2 Å². The minimum absolute atomic E-state index is 0.0358. The molecule has 3 aromatic rings. The first-order valence-electron chi connectivity index (χ1n) is 16.7. The number of carbonyl (C=O) groups excluding carboxylic acids is 4. The molecule has 6 rings (SSSR count). The summed E-state index contributed by atoms with van der Waals surface area (Å²) in [4.78, 5) is 88.6. The summed E-state index contributed by atoms with van der Waals surface area (Å²) in [5.41, 5.74) is -0.552. The molecule has 3 aromatic carbocycles. The van der Waals surface area contributed by atoms with Gasteiger partial charge in [0.15, 0.2) is 11.5 Å². The van der Waals surface area contributed by atoms with Gasteiger partial charge in [0.25, 0.3) is 5.91 Å². The Hall–Kier alpha value is -5.40. The lowest BCUT2D eigenvalue weighted by Gasteiger charge is -2.36. The lowest BCUT2D eigenvalue weighted by Crippen LogP contribution is -2.56. The predicted molar refractivity (Wildman–Crippen MR) is 190 cm³/mol. The third-order valence-electron chi connectivity index (χ3n) is 9.61. The molecule has 8 N–H and O–H groups in total. The number of phenols is 2. The molecule has 3 aliphatic heterocycles. The van der Waals surface area contributed by atoms with Gasteiger partial charge in [-0.15, -0.1) is 0 Å². The van der Waals surface area contributed by atoms with Crippen molar-refractivity contribution in [1.29, 1.82) is 0 Å². The van der Waals surface area contributed by atoms with E-state index >= 15 is 0 Å². The number of amides is 6. The molecule has 3 aliphatic rings. The van der Waals surface area contributed by atoms with E-state index in [0.717, 1.165) is 29.2 Å². The van der Waals surface area contributed by atoms with E-state index in [4.69, 9.17) is 16.3 Å². The second-order valence-corrected chi connectivity index (χ2v) is 15.0. The summed E-state index contributed by atoms with van der Waals surface area (Å²) < 4.78 is 31.3. The Morgan fingerprint density at radius 2 is 1.67 bits per heavy atom. The number of aromatic hydroxyl groups is 2. The van der Waals surface area contributed by atoms with Crippen molar-refractivity contribution in [3.63, 3.8) is 0 Å². The van der Waals surface area contributed by atoms with Crippen molar-refractivity contribution in [1.82, 2.24) is 25.3 Å². The molecular formula is C33H33BClFN5O13P. The number of fused-ring (bicyclic) bond motifs is 1. The molecule has 0 aromatic heterocycles. The number of hydrogen-bond donors (Lipinski definition) is 8. The Morgan fingerprint density at radius 1 is 1.00 bits per heavy atom. The zero-order chi connectivity index (χ0) is 39.9. The van der Waals surface area contributed by atoms with Gasteiger partial charge in [0.05, 0.1) is 16.3 Å². The molecule has 55 heavy (non-hydrogen) atoms. The van der Waals surface area contributed by atoms with Gasteiger partial charge in [-0.3, -0.25) is 14.2 Å². The van der Waals surface area contributed by atoms with Crippen LogP contribution in [0.2, 0.25) is 5.02 Å². The number of nitrogens with one attached hydrogen (secondary N) is 2. The number of nitrogens with zero attached hydrogens (tertiary/aromatic N) is 3. The largest absolute Gasteiger partial charge is 0.547 e. The molecule has 18 nitrogen and oxygen atoms in total. The van der Waals surface area contributed by atoms with E-state index in [1.807, 2.05) is 0 Å². The fraction of sp³-hybridized carbons (Fsp3) is 0.303. The average molecular weight is 804 g/mol. The second-order valence-electron chi connectivity index (χ2n) is 13.0. The van der Waals surface area contributed by atoms with Gasteiger partial charge in [-0.1, -0.05) is 29.8 Å². The third-order valence-corrected chi connectivity index (χ3v) is 10.9. The molecule has 290 valence electrons. The van der Waals surface area contributed by atoms with Crippen molar-refractivity contribution in [3.8, 4) is 17.2 Å². The van der Waals surface area contributed by atoms with E-state index in [9.17, 15) is 63.1 Å². The summed E-state index contributed by atoms with van der Waals surface area (Å²) in [7, 11) is -6.55. The standard InChI is InChI=1S/C33H33BClFN5O13P/c35-21-13-18(14-23(42)27(21)43)30(45)39-9-7-19(8-10-39)40-11-12-41(33(40)49)32(48)38-26(16-1-4-20(5-2-16)55(51,52)53)29(44)37-24-15-17-3-6-22(36)25(31(46)47)28(17)54-34(24)50/h1-6,13-14,19,24,26,42-43,50H,7-12,15H2,(H,37,44)(H,38,48)(H,46,47)(H2,51,52,53)/t24-,26+/m0/s1. The topological polar surface area (TPSA) is 267 Å². The number of carboxylic acids is 1. The lowest BCUT2D eigenvalue weighted by molar-refractivity contribution is -0.123. The first-order chi connectivity index (χ1) is 25.9. The first-order valence-corrected chi connectivity index (χ1v) is 18.7. The summed E-state index contributed by atoms with van der Waals surface area (Å²) in [6.07, 6.45) is 0.476. The van der Waals surface area contributed by atoms with Crippen LogP contribution in [-0.2, 0) is 15.8 Å². The molecule has 3 heterocycles. The lowest BCUT2D eigenvalue weighted by atomic mass is 9.72. The number of imide groups is 1. The van der Waals surface area contributed by atoms with Gasteiger partial charge < -0.3 is 55.2 Å². The maximum atomic E-state index is 14.2. The second kappa shape index (κ2) is 15.4. The van der Waals surface area contributed by atoms with E-state index in [1.165, 1.54) is 34.1 Å². The fourth-order valence-electron chi connectivity index (χ4n) is 6.74.